The second-order valence-corrected chi connectivity index (χ2v) is 8.09. The van der Waals surface area contributed by atoms with Crippen LogP contribution in [-0.2, 0) is 27.0 Å². The molecule has 2 aromatic rings. The number of aryl methyl sites for hydroxylation is 2. The quantitative estimate of drug-likeness (QED) is 0.892. The fourth-order valence-electron chi connectivity index (χ4n) is 3.09. The second-order valence-electron chi connectivity index (χ2n) is 6.28. The molecule has 25 heavy (non-hydrogen) atoms. The highest BCUT2D eigenvalue weighted by atomic mass is 32.2. The number of benzene rings is 2. The van der Waals surface area contributed by atoms with Gasteiger partial charge in [-0.3, -0.25) is 4.79 Å². The number of rotatable bonds is 5. The lowest BCUT2D eigenvalue weighted by molar-refractivity contribution is -0.117. The first-order chi connectivity index (χ1) is 12.0. The smallest absolute Gasteiger partial charge is 0.242 e. The van der Waals surface area contributed by atoms with Crippen LogP contribution in [0.3, 0.4) is 0 Å². The summed E-state index contributed by atoms with van der Waals surface area (Å²) in [6.45, 7) is 2.28. The van der Waals surface area contributed by atoms with Crippen molar-refractivity contribution in [2.75, 3.05) is 18.0 Å². The molecule has 1 amide bonds. The van der Waals surface area contributed by atoms with E-state index in [4.69, 9.17) is 0 Å². The SMILES string of the molecule is Cc1ccccc1CS(=O)(=O)NCC(=O)N1CCCc2ccccc21. The highest BCUT2D eigenvalue weighted by Gasteiger charge is 2.23. The molecule has 1 heterocycles. The summed E-state index contributed by atoms with van der Waals surface area (Å²) < 4.78 is 27.0. The van der Waals surface area contributed by atoms with Crippen LogP contribution in [0.25, 0.3) is 0 Å². The zero-order valence-corrected chi connectivity index (χ0v) is 15.1. The van der Waals surface area contributed by atoms with Gasteiger partial charge in [0.2, 0.25) is 15.9 Å². The van der Waals surface area contributed by atoms with E-state index in [-0.39, 0.29) is 18.2 Å². The average Bonchev–Trinajstić information content (AvgIpc) is 2.61. The summed E-state index contributed by atoms with van der Waals surface area (Å²) in [5, 5.41) is 0. The summed E-state index contributed by atoms with van der Waals surface area (Å²) in [4.78, 5) is 14.2. The molecule has 6 heteroatoms. The molecule has 1 N–H and O–H groups in total. The van der Waals surface area contributed by atoms with Gasteiger partial charge in [0.05, 0.1) is 12.3 Å². The van der Waals surface area contributed by atoms with Crippen LogP contribution in [0.1, 0.15) is 23.1 Å². The van der Waals surface area contributed by atoms with Crippen molar-refractivity contribution in [2.24, 2.45) is 0 Å². The summed E-state index contributed by atoms with van der Waals surface area (Å²) in [7, 11) is -3.57. The molecule has 2 aromatic carbocycles. The number of para-hydroxylation sites is 1. The standard InChI is InChI=1S/C19H22N2O3S/c1-15-7-2-3-9-17(15)14-25(23,24)20-13-19(22)21-12-6-10-16-8-4-5-11-18(16)21/h2-5,7-9,11,20H,6,10,12-14H2,1H3. The molecular formula is C19H22N2O3S. The maximum atomic E-state index is 12.5. The van der Waals surface area contributed by atoms with E-state index in [9.17, 15) is 13.2 Å². The van der Waals surface area contributed by atoms with E-state index in [1.807, 2.05) is 49.4 Å². The Bertz CT molecular complexity index is 878. The number of carbonyl (C=O) groups excluding carboxylic acids is 1. The van der Waals surface area contributed by atoms with Crippen molar-refractivity contribution in [1.82, 2.24) is 4.72 Å². The van der Waals surface area contributed by atoms with Crippen molar-refractivity contribution in [1.29, 1.82) is 0 Å². The Morgan fingerprint density at radius 2 is 1.84 bits per heavy atom. The molecule has 5 nitrogen and oxygen atoms in total. The molecule has 0 unspecified atom stereocenters. The van der Waals surface area contributed by atoms with Gasteiger partial charge in [0.1, 0.15) is 0 Å². The maximum Gasteiger partial charge on any atom is 0.242 e. The molecule has 132 valence electrons. The predicted molar refractivity (Wildman–Crippen MR) is 98.9 cm³/mol. The van der Waals surface area contributed by atoms with E-state index in [2.05, 4.69) is 4.72 Å². The number of carbonyl (C=O) groups is 1. The van der Waals surface area contributed by atoms with Crippen LogP contribution in [0.15, 0.2) is 48.5 Å². The summed E-state index contributed by atoms with van der Waals surface area (Å²) in [5.41, 5.74) is 3.68. The highest BCUT2D eigenvalue weighted by Crippen LogP contribution is 2.26. The molecule has 0 radical (unpaired) electrons. The summed E-state index contributed by atoms with van der Waals surface area (Å²) >= 11 is 0. The van der Waals surface area contributed by atoms with E-state index in [0.717, 1.165) is 35.2 Å². The van der Waals surface area contributed by atoms with Gasteiger partial charge in [-0.15, -0.1) is 0 Å². The van der Waals surface area contributed by atoms with Gasteiger partial charge in [-0.05, 0) is 42.5 Å². The van der Waals surface area contributed by atoms with Gasteiger partial charge in [-0.1, -0.05) is 42.5 Å². The fraction of sp³-hybridized carbons (Fsp3) is 0.316. The van der Waals surface area contributed by atoms with Gasteiger partial charge in [-0.25, -0.2) is 13.1 Å². The summed E-state index contributed by atoms with van der Waals surface area (Å²) in [6, 6.07) is 15.1. The van der Waals surface area contributed by atoms with Crippen LogP contribution in [0.5, 0.6) is 0 Å². The van der Waals surface area contributed by atoms with Crippen molar-refractivity contribution in [3.8, 4) is 0 Å². The number of fused-ring (bicyclic) bond motifs is 1. The lowest BCUT2D eigenvalue weighted by atomic mass is 10.0. The minimum Gasteiger partial charge on any atom is -0.311 e. The van der Waals surface area contributed by atoms with Crippen LogP contribution in [0.2, 0.25) is 0 Å². The van der Waals surface area contributed by atoms with Crippen LogP contribution < -0.4 is 9.62 Å². The van der Waals surface area contributed by atoms with Crippen LogP contribution >= 0.6 is 0 Å². The third-order valence-corrected chi connectivity index (χ3v) is 5.74. The van der Waals surface area contributed by atoms with Crippen molar-refractivity contribution in [3.05, 3.63) is 65.2 Å². The molecular weight excluding hydrogens is 336 g/mol. The molecule has 0 aromatic heterocycles. The lowest BCUT2D eigenvalue weighted by Crippen LogP contribution is -2.42. The first-order valence-electron chi connectivity index (χ1n) is 8.36. The van der Waals surface area contributed by atoms with Crippen molar-refractivity contribution in [3.63, 3.8) is 0 Å². The van der Waals surface area contributed by atoms with Crippen LogP contribution in [-0.4, -0.2) is 27.4 Å². The van der Waals surface area contributed by atoms with Gasteiger partial charge >= 0.3 is 0 Å². The zero-order valence-electron chi connectivity index (χ0n) is 14.2. The van der Waals surface area contributed by atoms with Gasteiger partial charge < -0.3 is 4.90 Å². The van der Waals surface area contributed by atoms with Gasteiger partial charge in [0.25, 0.3) is 0 Å². The van der Waals surface area contributed by atoms with Gasteiger partial charge in [0, 0.05) is 12.2 Å². The Morgan fingerprint density at radius 1 is 1.12 bits per heavy atom. The molecule has 0 saturated carbocycles. The van der Waals surface area contributed by atoms with Crippen LogP contribution in [0, 0.1) is 6.92 Å². The molecule has 0 spiro atoms. The molecule has 0 atom stereocenters. The fourth-order valence-corrected chi connectivity index (χ4v) is 4.27. The first kappa shape index (κ1) is 17.6. The second kappa shape index (κ2) is 7.37. The number of amides is 1. The monoisotopic (exact) mass is 358 g/mol. The number of sulfonamides is 1. The average molecular weight is 358 g/mol. The van der Waals surface area contributed by atoms with Crippen molar-refractivity contribution >= 4 is 21.6 Å². The minimum atomic E-state index is -3.57. The predicted octanol–water partition coefficient (Wildman–Crippen LogP) is 2.39. The molecule has 1 aliphatic rings. The Labute approximate surface area is 148 Å². The lowest BCUT2D eigenvalue weighted by Gasteiger charge is -2.29. The molecule has 3 rings (SSSR count). The number of hydrogen-bond donors (Lipinski definition) is 1. The maximum absolute atomic E-state index is 12.5. The van der Waals surface area contributed by atoms with E-state index in [1.165, 1.54) is 0 Å². The van der Waals surface area contributed by atoms with E-state index < -0.39 is 10.0 Å². The normalized spacial score (nSPS) is 14.2. The Morgan fingerprint density at radius 3 is 2.64 bits per heavy atom. The Balaban J connectivity index is 1.65. The number of hydrogen-bond acceptors (Lipinski definition) is 3. The van der Waals surface area contributed by atoms with Crippen molar-refractivity contribution in [2.45, 2.75) is 25.5 Å². The third kappa shape index (κ3) is 4.27. The third-order valence-electron chi connectivity index (χ3n) is 4.46. The Kier molecular flexibility index (Phi) is 5.20. The molecule has 0 bridgehead atoms. The van der Waals surface area contributed by atoms with E-state index in [0.29, 0.717) is 6.54 Å². The topological polar surface area (TPSA) is 66.5 Å². The number of anilines is 1. The van der Waals surface area contributed by atoms with Crippen LogP contribution in [0.4, 0.5) is 5.69 Å². The molecule has 1 aliphatic heterocycles. The first-order valence-corrected chi connectivity index (χ1v) is 10.0. The molecule has 0 fully saturated rings. The summed E-state index contributed by atoms with van der Waals surface area (Å²) in [6.07, 6.45) is 1.83. The zero-order chi connectivity index (χ0) is 17.9. The van der Waals surface area contributed by atoms with Gasteiger partial charge in [0.15, 0.2) is 0 Å². The molecule has 0 aliphatic carbocycles. The van der Waals surface area contributed by atoms with Crippen molar-refractivity contribution < 1.29 is 13.2 Å². The summed E-state index contributed by atoms with van der Waals surface area (Å²) in [5.74, 6) is -0.343. The van der Waals surface area contributed by atoms with Gasteiger partial charge in [-0.2, -0.15) is 0 Å². The largest absolute Gasteiger partial charge is 0.311 e. The molecule has 0 saturated heterocycles. The number of nitrogens with zero attached hydrogens (tertiary/aromatic N) is 1. The van der Waals surface area contributed by atoms with E-state index >= 15 is 0 Å². The Hall–Kier alpha value is -2.18. The number of nitrogens with one attached hydrogen (secondary N) is 1. The van der Waals surface area contributed by atoms with E-state index in [1.54, 1.807) is 11.0 Å². The minimum absolute atomic E-state index is 0.121. The highest BCUT2D eigenvalue weighted by molar-refractivity contribution is 7.88.